The van der Waals surface area contributed by atoms with Crippen molar-refractivity contribution >= 4 is 16.8 Å². The smallest absolute Gasteiger partial charge is 0.126 e. The molecule has 3 nitrogen and oxygen atoms in total. The van der Waals surface area contributed by atoms with Gasteiger partial charge in [0, 0.05) is 24.4 Å². The maximum absolute atomic E-state index is 5.59. The average molecular weight is 400 g/mol. The number of morpholine rings is 1. The van der Waals surface area contributed by atoms with Crippen molar-refractivity contribution in [3.63, 3.8) is 0 Å². The number of allylic oxidation sites excluding steroid dienone is 1. The summed E-state index contributed by atoms with van der Waals surface area (Å²) in [5.74, 6) is 1.43. The first-order valence-electron chi connectivity index (χ1n) is 11.0. The third-order valence-electron chi connectivity index (χ3n) is 6.59. The summed E-state index contributed by atoms with van der Waals surface area (Å²) >= 11 is 0. The zero-order valence-corrected chi connectivity index (χ0v) is 17.6. The number of nitrogens with zero attached hydrogens (tertiary/aromatic N) is 1. The van der Waals surface area contributed by atoms with Crippen molar-refractivity contribution in [2.24, 2.45) is 0 Å². The Hall–Kier alpha value is -2.62. The highest BCUT2D eigenvalue weighted by Gasteiger charge is 2.27. The van der Waals surface area contributed by atoms with Gasteiger partial charge in [-0.1, -0.05) is 66.2 Å². The van der Waals surface area contributed by atoms with Crippen LogP contribution in [0.5, 0.6) is 5.75 Å². The van der Waals surface area contributed by atoms with Gasteiger partial charge in [0.1, 0.15) is 5.75 Å². The van der Waals surface area contributed by atoms with Crippen LogP contribution >= 0.6 is 0 Å². The normalized spacial score (nSPS) is 20.6. The predicted molar refractivity (Wildman–Crippen MR) is 123 cm³/mol. The fourth-order valence-electron chi connectivity index (χ4n) is 5.01. The maximum atomic E-state index is 5.59. The summed E-state index contributed by atoms with van der Waals surface area (Å²) in [6.45, 7) is 4.96. The molecule has 0 N–H and O–H groups in total. The molecule has 1 unspecified atom stereocenters. The Bertz CT molecular complexity index is 1070. The summed E-state index contributed by atoms with van der Waals surface area (Å²) < 4.78 is 11.1. The summed E-state index contributed by atoms with van der Waals surface area (Å²) in [5.41, 5.74) is 5.80. The van der Waals surface area contributed by atoms with Crippen LogP contribution in [0.4, 0.5) is 0 Å². The molecule has 1 fully saturated rings. The van der Waals surface area contributed by atoms with Gasteiger partial charge >= 0.3 is 0 Å². The third-order valence-corrected chi connectivity index (χ3v) is 6.59. The largest absolute Gasteiger partial charge is 0.496 e. The predicted octanol–water partition coefficient (Wildman–Crippen LogP) is 5.29. The van der Waals surface area contributed by atoms with Gasteiger partial charge in [-0.25, -0.2) is 0 Å². The van der Waals surface area contributed by atoms with E-state index in [-0.39, 0.29) is 0 Å². The maximum Gasteiger partial charge on any atom is 0.126 e. The van der Waals surface area contributed by atoms with Crippen LogP contribution in [-0.2, 0) is 11.2 Å². The van der Waals surface area contributed by atoms with E-state index in [0.29, 0.717) is 5.92 Å². The van der Waals surface area contributed by atoms with Crippen molar-refractivity contribution in [3.8, 4) is 5.75 Å². The summed E-state index contributed by atoms with van der Waals surface area (Å²) in [5, 5.41) is 2.43. The van der Waals surface area contributed by atoms with E-state index in [1.807, 2.05) is 0 Å². The van der Waals surface area contributed by atoms with Crippen molar-refractivity contribution in [1.29, 1.82) is 0 Å². The molecule has 0 bridgehead atoms. The molecule has 3 heteroatoms. The lowest BCUT2D eigenvalue weighted by Gasteiger charge is -2.28. The SMILES string of the molecule is COc1ccc(/C=C2\Cc3ccccc3C2CCN2CCOCC2)c2ccccc12. The molecule has 1 atom stereocenters. The summed E-state index contributed by atoms with van der Waals surface area (Å²) in [6.07, 6.45) is 4.65. The Morgan fingerprint density at radius 3 is 2.57 bits per heavy atom. The molecule has 30 heavy (non-hydrogen) atoms. The molecule has 0 spiro atoms. The Morgan fingerprint density at radius 1 is 0.967 bits per heavy atom. The van der Waals surface area contributed by atoms with Crippen LogP contribution in [0, 0.1) is 0 Å². The van der Waals surface area contributed by atoms with E-state index in [4.69, 9.17) is 9.47 Å². The lowest BCUT2D eigenvalue weighted by molar-refractivity contribution is 0.0370. The first-order chi connectivity index (χ1) is 14.8. The molecule has 154 valence electrons. The molecule has 1 aliphatic carbocycles. The molecule has 5 rings (SSSR count). The van der Waals surface area contributed by atoms with E-state index >= 15 is 0 Å². The molecule has 3 aromatic rings. The molecule has 0 radical (unpaired) electrons. The topological polar surface area (TPSA) is 21.7 Å². The Labute approximate surface area is 178 Å². The number of rotatable bonds is 5. The Morgan fingerprint density at radius 2 is 1.73 bits per heavy atom. The molecule has 3 aromatic carbocycles. The van der Waals surface area contributed by atoms with E-state index in [9.17, 15) is 0 Å². The van der Waals surface area contributed by atoms with E-state index in [2.05, 4.69) is 71.6 Å². The Kier molecular flexibility index (Phi) is 5.56. The van der Waals surface area contributed by atoms with Gasteiger partial charge in [-0.15, -0.1) is 0 Å². The molecule has 0 aromatic heterocycles. The third kappa shape index (κ3) is 3.76. The molecular weight excluding hydrogens is 370 g/mol. The van der Waals surface area contributed by atoms with E-state index < -0.39 is 0 Å². The molecule has 0 saturated carbocycles. The number of fused-ring (bicyclic) bond motifs is 2. The van der Waals surface area contributed by atoms with Gasteiger partial charge in [0.25, 0.3) is 0 Å². The number of hydrogen-bond donors (Lipinski definition) is 0. The first kappa shape index (κ1) is 19.3. The highest BCUT2D eigenvalue weighted by atomic mass is 16.5. The monoisotopic (exact) mass is 399 g/mol. The van der Waals surface area contributed by atoms with Gasteiger partial charge in [0.15, 0.2) is 0 Å². The quantitative estimate of drug-likeness (QED) is 0.582. The average Bonchev–Trinajstić information content (AvgIpc) is 3.15. The van der Waals surface area contributed by atoms with Crippen molar-refractivity contribution in [3.05, 3.63) is 82.9 Å². The standard InChI is InChI=1S/C27H29NO2/c1-29-27-11-10-21(24-8-4-5-9-26(24)27)19-22-18-20-6-2-3-7-23(20)25(22)12-13-28-14-16-30-17-15-28/h2-11,19,25H,12-18H2,1H3/b22-19+. The fraction of sp³-hybridized carbons (Fsp3) is 0.333. The molecule has 1 aliphatic heterocycles. The van der Waals surface area contributed by atoms with Crippen LogP contribution in [-0.4, -0.2) is 44.9 Å². The van der Waals surface area contributed by atoms with Crippen LogP contribution in [0.1, 0.15) is 29.0 Å². The van der Waals surface area contributed by atoms with Crippen molar-refractivity contribution < 1.29 is 9.47 Å². The Balaban J connectivity index is 1.49. The van der Waals surface area contributed by atoms with Gasteiger partial charge in [0.2, 0.25) is 0 Å². The van der Waals surface area contributed by atoms with Gasteiger partial charge in [-0.05, 0) is 47.5 Å². The van der Waals surface area contributed by atoms with Gasteiger partial charge in [-0.2, -0.15) is 0 Å². The molecule has 2 aliphatic rings. The minimum atomic E-state index is 0.491. The van der Waals surface area contributed by atoms with Crippen LogP contribution in [0.15, 0.2) is 66.2 Å². The van der Waals surface area contributed by atoms with Crippen LogP contribution in [0.3, 0.4) is 0 Å². The number of methoxy groups -OCH3 is 1. The summed E-state index contributed by atoms with van der Waals surface area (Å²) in [7, 11) is 1.75. The molecular formula is C27H29NO2. The van der Waals surface area contributed by atoms with Crippen molar-refractivity contribution in [2.75, 3.05) is 40.0 Å². The molecule has 1 saturated heterocycles. The highest BCUT2D eigenvalue weighted by Crippen LogP contribution is 2.41. The summed E-state index contributed by atoms with van der Waals surface area (Å²) in [4.78, 5) is 2.55. The van der Waals surface area contributed by atoms with Gasteiger partial charge in [-0.3, -0.25) is 4.90 Å². The minimum Gasteiger partial charge on any atom is -0.496 e. The van der Waals surface area contributed by atoms with Crippen LogP contribution in [0.25, 0.3) is 16.8 Å². The number of benzene rings is 3. The molecule has 1 heterocycles. The van der Waals surface area contributed by atoms with Crippen molar-refractivity contribution in [1.82, 2.24) is 4.90 Å². The lowest BCUT2D eigenvalue weighted by atomic mass is 9.91. The first-order valence-corrected chi connectivity index (χ1v) is 11.0. The fourth-order valence-corrected chi connectivity index (χ4v) is 5.01. The van der Waals surface area contributed by atoms with Crippen molar-refractivity contribution in [2.45, 2.75) is 18.8 Å². The van der Waals surface area contributed by atoms with Gasteiger partial charge in [0.05, 0.1) is 20.3 Å². The number of hydrogen-bond acceptors (Lipinski definition) is 3. The van der Waals surface area contributed by atoms with Gasteiger partial charge < -0.3 is 9.47 Å². The number of ether oxygens (including phenoxy) is 2. The molecule has 0 amide bonds. The zero-order chi connectivity index (χ0) is 20.3. The van der Waals surface area contributed by atoms with E-state index in [1.54, 1.807) is 7.11 Å². The van der Waals surface area contributed by atoms with E-state index in [1.165, 1.54) is 33.0 Å². The van der Waals surface area contributed by atoms with E-state index in [0.717, 1.165) is 51.4 Å². The minimum absolute atomic E-state index is 0.491. The van der Waals surface area contributed by atoms with Crippen LogP contribution < -0.4 is 4.74 Å². The second-order valence-corrected chi connectivity index (χ2v) is 8.29. The lowest BCUT2D eigenvalue weighted by Crippen LogP contribution is -2.37. The second kappa shape index (κ2) is 8.63. The summed E-state index contributed by atoms with van der Waals surface area (Å²) in [6, 6.07) is 21.8. The second-order valence-electron chi connectivity index (χ2n) is 8.29. The zero-order valence-electron chi connectivity index (χ0n) is 17.6. The van der Waals surface area contributed by atoms with Crippen LogP contribution in [0.2, 0.25) is 0 Å². The highest BCUT2D eigenvalue weighted by molar-refractivity contribution is 5.95.